The number of carbonyl (C=O) groups excluding carboxylic acids is 3. The van der Waals surface area contributed by atoms with Gasteiger partial charge in [-0.25, -0.2) is 4.68 Å². The van der Waals surface area contributed by atoms with Gasteiger partial charge in [0.25, 0.3) is 5.91 Å². The average molecular weight is 380 g/mol. The second-order valence-electron chi connectivity index (χ2n) is 7.31. The van der Waals surface area contributed by atoms with E-state index >= 15 is 0 Å². The Labute approximate surface area is 163 Å². The van der Waals surface area contributed by atoms with Gasteiger partial charge >= 0.3 is 0 Å². The highest BCUT2D eigenvalue weighted by Gasteiger charge is 2.39. The van der Waals surface area contributed by atoms with Crippen LogP contribution in [0.3, 0.4) is 0 Å². The lowest BCUT2D eigenvalue weighted by Crippen LogP contribution is -2.44. The van der Waals surface area contributed by atoms with Gasteiger partial charge in [0, 0.05) is 17.8 Å². The molecule has 2 aliphatic rings. The highest BCUT2D eigenvalue weighted by atomic mass is 16.2. The summed E-state index contributed by atoms with van der Waals surface area (Å²) >= 11 is 0. The third-order valence-corrected chi connectivity index (χ3v) is 5.56. The lowest BCUT2D eigenvalue weighted by Gasteiger charge is -2.24. The number of para-hydroxylation sites is 1. The number of nitrogens with zero attached hydrogens (tertiary/aromatic N) is 3. The maximum absolute atomic E-state index is 13.4. The lowest BCUT2D eigenvalue weighted by molar-refractivity contribution is -0.126. The van der Waals surface area contributed by atoms with Gasteiger partial charge in [0.15, 0.2) is 5.69 Å². The number of benzene rings is 1. The molecule has 4 rings (SSSR count). The molecule has 28 heavy (non-hydrogen) atoms. The zero-order valence-electron chi connectivity index (χ0n) is 16.0. The molecule has 2 heterocycles. The molecular formula is C21H24N4O3. The maximum atomic E-state index is 13.4. The van der Waals surface area contributed by atoms with Gasteiger partial charge in [0.1, 0.15) is 6.04 Å². The van der Waals surface area contributed by atoms with Gasteiger partial charge in [-0.3, -0.25) is 19.7 Å². The van der Waals surface area contributed by atoms with E-state index in [-0.39, 0.29) is 18.2 Å². The van der Waals surface area contributed by atoms with Gasteiger partial charge in [-0.2, -0.15) is 5.10 Å². The van der Waals surface area contributed by atoms with Crippen molar-refractivity contribution < 1.29 is 14.4 Å². The summed E-state index contributed by atoms with van der Waals surface area (Å²) in [5.41, 5.74) is 3.40. The summed E-state index contributed by atoms with van der Waals surface area (Å²) in [6, 6.07) is 9.06. The normalized spacial score (nSPS) is 19.1. The number of amides is 3. The summed E-state index contributed by atoms with van der Waals surface area (Å²) in [5.74, 6) is -1.02. The molecule has 1 aromatic carbocycles. The molecule has 2 aromatic rings. The van der Waals surface area contributed by atoms with Crippen LogP contribution in [0.2, 0.25) is 0 Å². The van der Waals surface area contributed by atoms with Gasteiger partial charge in [-0.05, 0) is 44.7 Å². The zero-order valence-corrected chi connectivity index (χ0v) is 16.0. The number of imide groups is 1. The number of aromatic nitrogens is 2. The minimum absolute atomic E-state index is 0.0139. The Hall–Kier alpha value is -2.96. The highest BCUT2D eigenvalue weighted by Crippen LogP contribution is 2.28. The Bertz CT molecular complexity index is 919. The van der Waals surface area contributed by atoms with Gasteiger partial charge in [0.05, 0.1) is 12.1 Å². The lowest BCUT2D eigenvalue weighted by atomic mass is 10.1. The van der Waals surface area contributed by atoms with E-state index in [2.05, 4.69) is 5.32 Å². The molecular weight excluding hydrogens is 356 g/mol. The highest BCUT2D eigenvalue weighted by molar-refractivity contribution is 6.08. The van der Waals surface area contributed by atoms with Crippen LogP contribution in [0.25, 0.3) is 5.69 Å². The van der Waals surface area contributed by atoms with E-state index in [4.69, 9.17) is 5.10 Å². The predicted octanol–water partition coefficient (Wildman–Crippen LogP) is 2.02. The molecule has 3 amide bonds. The van der Waals surface area contributed by atoms with Crippen LogP contribution < -0.4 is 5.32 Å². The molecule has 7 heteroatoms. The fourth-order valence-electron chi connectivity index (χ4n) is 4.16. The Morgan fingerprint density at radius 3 is 2.61 bits per heavy atom. The number of hydrogen-bond acceptors (Lipinski definition) is 4. The van der Waals surface area contributed by atoms with Crippen molar-refractivity contribution in [2.24, 2.45) is 0 Å². The fourth-order valence-corrected chi connectivity index (χ4v) is 4.16. The third kappa shape index (κ3) is 3.21. The Morgan fingerprint density at radius 1 is 1.18 bits per heavy atom. The van der Waals surface area contributed by atoms with Crippen molar-refractivity contribution in [3.8, 4) is 5.69 Å². The molecule has 146 valence electrons. The average Bonchev–Trinajstić information content (AvgIpc) is 3.12. The van der Waals surface area contributed by atoms with Gasteiger partial charge in [0.2, 0.25) is 11.8 Å². The van der Waals surface area contributed by atoms with Crippen molar-refractivity contribution >= 4 is 17.7 Å². The smallest absolute Gasteiger partial charge is 0.275 e. The molecule has 1 saturated heterocycles. The first-order chi connectivity index (χ1) is 13.6. The first-order valence-corrected chi connectivity index (χ1v) is 9.91. The van der Waals surface area contributed by atoms with Crippen molar-refractivity contribution in [3.05, 3.63) is 47.3 Å². The maximum Gasteiger partial charge on any atom is 0.275 e. The predicted molar refractivity (Wildman–Crippen MR) is 103 cm³/mol. The van der Waals surface area contributed by atoms with Crippen LogP contribution in [0.4, 0.5) is 0 Å². The number of likely N-dealkylation sites (N-methyl/N-ethyl adjacent to an activating group) is 1. The number of hydrogen-bond donors (Lipinski definition) is 1. The molecule has 1 atom stereocenters. The number of nitrogens with one attached hydrogen (secondary N) is 1. The molecule has 1 aromatic heterocycles. The van der Waals surface area contributed by atoms with Gasteiger partial charge in [-0.1, -0.05) is 24.6 Å². The summed E-state index contributed by atoms with van der Waals surface area (Å²) in [7, 11) is 0. The van der Waals surface area contributed by atoms with Crippen molar-refractivity contribution in [1.29, 1.82) is 0 Å². The SMILES string of the molecule is CCN(C(=O)c1nn(-c2ccccc2)c2c1CCCCC2)[C@@H]1CC(=O)NC1=O. The van der Waals surface area contributed by atoms with Crippen molar-refractivity contribution in [1.82, 2.24) is 20.0 Å². The summed E-state index contributed by atoms with van der Waals surface area (Å²) in [6.07, 6.45) is 4.89. The van der Waals surface area contributed by atoms with Crippen LogP contribution in [0.15, 0.2) is 30.3 Å². The van der Waals surface area contributed by atoms with Gasteiger partial charge < -0.3 is 4.90 Å². The summed E-state index contributed by atoms with van der Waals surface area (Å²) in [6.45, 7) is 2.16. The first-order valence-electron chi connectivity index (χ1n) is 9.91. The summed E-state index contributed by atoms with van der Waals surface area (Å²) in [4.78, 5) is 38.6. The molecule has 1 aliphatic heterocycles. The zero-order chi connectivity index (χ0) is 19.7. The quantitative estimate of drug-likeness (QED) is 0.650. The second-order valence-corrected chi connectivity index (χ2v) is 7.31. The molecule has 7 nitrogen and oxygen atoms in total. The fraction of sp³-hybridized carbons (Fsp3) is 0.429. The molecule has 0 radical (unpaired) electrons. The van der Waals surface area contributed by atoms with E-state index in [1.54, 1.807) is 0 Å². The summed E-state index contributed by atoms with van der Waals surface area (Å²) in [5, 5.41) is 6.99. The van der Waals surface area contributed by atoms with Crippen molar-refractivity contribution in [3.63, 3.8) is 0 Å². The largest absolute Gasteiger partial charge is 0.325 e. The Morgan fingerprint density at radius 2 is 1.93 bits per heavy atom. The molecule has 1 fully saturated rings. The second kappa shape index (κ2) is 7.58. The topological polar surface area (TPSA) is 84.3 Å². The minimum atomic E-state index is -0.756. The standard InChI is InChI=1S/C21H24N4O3/c1-2-24(17-13-18(26)22-20(17)27)21(28)19-15-11-7-4-8-12-16(15)25(23-19)14-9-5-3-6-10-14/h3,5-6,9-10,17H,2,4,7-8,11-13H2,1H3,(H,22,26,27)/t17-/m1/s1. The first kappa shape index (κ1) is 18.4. The van der Waals surface area contributed by atoms with E-state index in [1.165, 1.54) is 4.90 Å². The molecule has 1 aliphatic carbocycles. The summed E-state index contributed by atoms with van der Waals surface area (Å²) < 4.78 is 1.88. The van der Waals surface area contributed by atoms with E-state index in [0.29, 0.717) is 12.2 Å². The van der Waals surface area contributed by atoms with Crippen LogP contribution in [-0.4, -0.2) is 45.0 Å². The number of fused-ring (bicyclic) bond motifs is 1. The minimum Gasteiger partial charge on any atom is -0.325 e. The van der Waals surface area contributed by atoms with Crippen LogP contribution in [0.5, 0.6) is 0 Å². The molecule has 1 N–H and O–H groups in total. The van der Waals surface area contributed by atoms with Crippen LogP contribution in [0, 0.1) is 0 Å². The molecule has 0 unspecified atom stereocenters. The van der Waals surface area contributed by atoms with Crippen LogP contribution >= 0.6 is 0 Å². The van der Waals surface area contributed by atoms with Crippen LogP contribution in [0.1, 0.15) is 54.4 Å². The number of rotatable bonds is 4. The monoisotopic (exact) mass is 380 g/mol. The van der Waals surface area contributed by atoms with E-state index in [9.17, 15) is 14.4 Å². The van der Waals surface area contributed by atoms with E-state index in [0.717, 1.165) is 49.0 Å². The van der Waals surface area contributed by atoms with Crippen LogP contribution in [-0.2, 0) is 22.4 Å². The molecule has 0 saturated carbocycles. The third-order valence-electron chi connectivity index (χ3n) is 5.56. The van der Waals surface area contributed by atoms with Crippen molar-refractivity contribution in [2.45, 2.75) is 51.5 Å². The molecule has 0 spiro atoms. The number of carbonyl (C=O) groups is 3. The Balaban J connectivity index is 1.76. The Kier molecular flexibility index (Phi) is 4.98. The van der Waals surface area contributed by atoms with E-state index < -0.39 is 11.9 Å². The van der Waals surface area contributed by atoms with Crippen molar-refractivity contribution in [2.75, 3.05) is 6.54 Å². The molecule has 0 bridgehead atoms. The van der Waals surface area contributed by atoms with Gasteiger partial charge in [-0.15, -0.1) is 0 Å². The van der Waals surface area contributed by atoms with E-state index in [1.807, 2.05) is 41.9 Å².